The summed E-state index contributed by atoms with van der Waals surface area (Å²) in [6.07, 6.45) is 0.364. The topological polar surface area (TPSA) is 152 Å². The molecular formula is C37H37N5O7S2. The van der Waals surface area contributed by atoms with Crippen molar-refractivity contribution in [3.8, 4) is 0 Å². The van der Waals surface area contributed by atoms with Gasteiger partial charge in [-0.25, -0.2) is 9.78 Å². The number of anilines is 1. The van der Waals surface area contributed by atoms with Gasteiger partial charge in [0.2, 0.25) is 0 Å². The number of hydrogen-bond acceptors (Lipinski definition) is 11. The SMILES string of the molecule is CCOC(CO/N=C\C(=O)NC1C(=O)N2C(C(=O)O)=C(COC)CS[C@@H]12)c1csc(NC(c2ccccc2)(c2ccccc2)c2ccccc2)n1. The van der Waals surface area contributed by atoms with E-state index in [1.165, 1.54) is 35.1 Å². The van der Waals surface area contributed by atoms with E-state index in [1.807, 2.05) is 66.9 Å². The Balaban J connectivity index is 1.13. The average Bonchev–Trinajstić information content (AvgIpc) is 3.63. The highest BCUT2D eigenvalue weighted by molar-refractivity contribution is 8.00. The summed E-state index contributed by atoms with van der Waals surface area (Å²) in [6, 6.07) is 29.8. The molecule has 2 amide bonds. The van der Waals surface area contributed by atoms with Crippen LogP contribution < -0.4 is 10.6 Å². The third kappa shape index (κ3) is 7.54. The van der Waals surface area contributed by atoms with Gasteiger partial charge in [-0.1, -0.05) is 96.2 Å². The summed E-state index contributed by atoms with van der Waals surface area (Å²) in [5.74, 6) is -2.01. The van der Waals surface area contributed by atoms with Crippen molar-refractivity contribution in [1.29, 1.82) is 0 Å². The Morgan fingerprint density at radius 3 is 2.20 bits per heavy atom. The molecule has 2 unspecified atom stereocenters. The van der Waals surface area contributed by atoms with Gasteiger partial charge < -0.3 is 30.1 Å². The summed E-state index contributed by atoms with van der Waals surface area (Å²) in [6.45, 7) is 2.33. The highest BCUT2D eigenvalue weighted by Gasteiger charge is 2.54. The van der Waals surface area contributed by atoms with Crippen molar-refractivity contribution in [2.75, 3.05) is 38.0 Å². The standard InChI is InChI=1S/C37H37N5O7S2/c1-3-48-29(21-49-38-19-30(43)40-31-33(44)42-32(35(45)46)24(20-47-2)22-50-34(31)42)28-23-51-36(39-28)41-37(25-13-7-4-8-14-25,26-15-9-5-10-16-26)27-17-11-6-12-18-27/h4-19,23,29,31,34H,3,20-22H2,1-2H3,(H,39,41)(H,40,43)(H,45,46)/b38-19-/t29?,31?,34-/m0/s1. The number of carboxylic acids is 1. The zero-order valence-electron chi connectivity index (χ0n) is 27.9. The number of carboxylic acid groups (broad SMARTS) is 1. The van der Waals surface area contributed by atoms with Gasteiger partial charge in [0.1, 0.15) is 41.6 Å². The number of carbonyl (C=O) groups excluding carboxylic acids is 2. The first-order valence-electron chi connectivity index (χ1n) is 16.2. The van der Waals surface area contributed by atoms with Gasteiger partial charge in [-0.2, -0.15) is 0 Å². The summed E-state index contributed by atoms with van der Waals surface area (Å²) >= 11 is 2.80. The summed E-state index contributed by atoms with van der Waals surface area (Å²) < 4.78 is 11.0. The number of aromatic nitrogens is 1. The molecule has 264 valence electrons. The van der Waals surface area contributed by atoms with E-state index in [0.29, 0.717) is 28.8 Å². The van der Waals surface area contributed by atoms with Crippen LogP contribution in [0.2, 0.25) is 0 Å². The molecule has 14 heteroatoms. The first-order chi connectivity index (χ1) is 24.9. The van der Waals surface area contributed by atoms with Crippen LogP contribution in [-0.4, -0.2) is 83.1 Å². The van der Waals surface area contributed by atoms with E-state index in [4.69, 9.17) is 19.3 Å². The molecular weight excluding hydrogens is 691 g/mol. The van der Waals surface area contributed by atoms with Gasteiger partial charge in [-0.3, -0.25) is 14.5 Å². The highest BCUT2D eigenvalue weighted by atomic mass is 32.2. The second-order valence-electron chi connectivity index (χ2n) is 11.6. The first-order valence-corrected chi connectivity index (χ1v) is 18.2. The molecule has 3 N–H and O–H groups in total. The molecule has 0 spiro atoms. The molecule has 12 nitrogen and oxygen atoms in total. The molecule has 3 heterocycles. The van der Waals surface area contributed by atoms with E-state index in [9.17, 15) is 19.5 Å². The smallest absolute Gasteiger partial charge is 0.352 e. The number of thioether (sulfide) groups is 1. The number of carbonyl (C=O) groups is 3. The number of β-lactam (4-membered cyclic amide) rings is 1. The molecule has 1 aromatic heterocycles. The normalized spacial score (nSPS) is 17.8. The van der Waals surface area contributed by atoms with E-state index in [1.54, 1.807) is 0 Å². The second-order valence-corrected chi connectivity index (χ2v) is 13.6. The molecule has 2 aliphatic rings. The Hall–Kier alpha value is -5.02. The lowest BCUT2D eigenvalue weighted by Gasteiger charge is -2.49. The number of aliphatic carboxylic acids is 1. The Morgan fingerprint density at radius 2 is 1.65 bits per heavy atom. The number of thiazole rings is 1. The Morgan fingerprint density at radius 1 is 1.04 bits per heavy atom. The lowest BCUT2D eigenvalue weighted by Crippen LogP contribution is -2.70. The van der Waals surface area contributed by atoms with Crippen LogP contribution in [0.5, 0.6) is 0 Å². The van der Waals surface area contributed by atoms with E-state index in [2.05, 4.69) is 52.2 Å². The molecule has 0 aliphatic carbocycles. The molecule has 3 aromatic carbocycles. The maximum absolute atomic E-state index is 12.8. The van der Waals surface area contributed by atoms with E-state index in [-0.39, 0.29) is 18.9 Å². The van der Waals surface area contributed by atoms with Crippen molar-refractivity contribution in [1.82, 2.24) is 15.2 Å². The highest BCUT2D eigenvalue weighted by Crippen LogP contribution is 2.42. The molecule has 0 bridgehead atoms. The summed E-state index contributed by atoms with van der Waals surface area (Å²) in [7, 11) is 1.46. The number of nitrogens with one attached hydrogen (secondary N) is 2. The maximum Gasteiger partial charge on any atom is 0.352 e. The Kier molecular flexibility index (Phi) is 11.5. The molecule has 0 radical (unpaired) electrons. The number of nitrogens with zero attached hydrogens (tertiary/aromatic N) is 3. The van der Waals surface area contributed by atoms with Gasteiger partial charge in [-0.05, 0) is 29.2 Å². The van der Waals surface area contributed by atoms with Crippen LogP contribution in [0, 0.1) is 0 Å². The van der Waals surface area contributed by atoms with Gasteiger partial charge in [0.15, 0.2) is 5.13 Å². The number of benzene rings is 3. The monoisotopic (exact) mass is 727 g/mol. The van der Waals surface area contributed by atoms with E-state index in [0.717, 1.165) is 22.9 Å². The van der Waals surface area contributed by atoms with Crippen LogP contribution in [0.3, 0.4) is 0 Å². The Labute approximate surface area is 303 Å². The molecule has 3 atom stereocenters. The molecule has 2 aliphatic heterocycles. The van der Waals surface area contributed by atoms with Gasteiger partial charge in [0, 0.05) is 24.8 Å². The number of amides is 2. The quantitative estimate of drug-likeness (QED) is 0.0622. The fourth-order valence-electron chi connectivity index (χ4n) is 6.21. The first kappa shape index (κ1) is 35.8. The van der Waals surface area contributed by atoms with E-state index < -0.39 is 40.8 Å². The minimum Gasteiger partial charge on any atom is -0.477 e. The van der Waals surface area contributed by atoms with E-state index >= 15 is 0 Å². The largest absolute Gasteiger partial charge is 0.477 e. The Bertz CT molecular complexity index is 1790. The number of rotatable bonds is 16. The summed E-state index contributed by atoms with van der Waals surface area (Å²) in [4.78, 5) is 48.9. The van der Waals surface area contributed by atoms with Crippen molar-refractivity contribution in [2.24, 2.45) is 5.16 Å². The molecule has 0 saturated carbocycles. The predicted molar refractivity (Wildman–Crippen MR) is 195 cm³/mol. The third-order valence-corrected chi connectivity index (χ3v) is 10.6. The predicted octanol–water partition coefficient (Wildman–Crippen LogP) is 5.01. The molecule has 1 saturated heterocycles. The minimum atomic E-state index is -1.21. The third-order valence-electron chi connectivity index (χ3n) is 8.47. The minimum absolute atomic E-state index is 0.0222. The second kappa shape index (κ2) is 16.3. The molecule has 1 fully saturated rings. The maximum atomic E-state index is 12.8. The number of methoxy groups -OCH3 is 1. The fraction of sp³-hybridized carbons (Fsp3) is 0.270. The molecule has 6 rings (SSSR count). The molecule has 51 heavy (non-hydrogen) atoms. The van der Waals surface area contributed by atoms with Crippen molar-refractivity contribution in [3.05, 3.63) is 130 Å². The number of hydrogen-bond donors (Lipinski definition) is 3. The van der Waals surface area contributed by atoms with Gasteiger partial charge in [0.05, 0.1) is 12.3 Å². The summed E-state index contributed by atoms with van der Waals surface area (Å²) in [5.41, 5.74) is 3.44. The number of oxime groups is 1. The molecule has 4 aromatic rings. The lowest BCUT2D eigenvalue weighted by molar-refractivity contribution is -0.150. The average molecular weight is 728 g/mol. The summed E-state index contributed by atoms with van der Waals surface area (Å²) in [5, 5.41) is 21.9. The zero-order valence-corrected chi connectivity index (χ0v) is 29.6. The fourth-order valence-corrected chi connectivity index (χ4v) is 8.34. The number of fused-ring (bicyclic) bond motifs is 1. The van der Waals surface area contributed by atoms with Crippen LogP contribution >= 0.6 is 23.1 Å². The van der Waals surface area contributed by atoms with Crippen molar-refractivity contribution < 1.29 is 33.8 Å². The lowest BCUT2D eigenvalue weighted by atomic mass is 9.77. The van der Waals surface area contributed by atoms with Crippen molar-refractivity contribution in [2.45, 2.75) is 30.0 Å². The number of ether oxygens (including phenoxy) is 2. The van der Waals surface area contributed by atoms with Crippen molar-refractivity contribution >= 4 is 52.2 Å². The van der Waals surface area contributed by atoms with Crippen LogP contribution in [0.4, 0.5) is 5.13 Å². The van der Waals surface area contributed by atoms with Crippen LogP contribution in [-0.2, 0) is 34.2 Å². The van der Waals surface area contributed by atoms with Gasteiger partial charge in [0.25, 0.3) is 11.8 Å². The van der Waals surface area contributed by atoms with Crippen LogP contribution in [0.25, 0.3) is 0 Å². The zero-order chi connectivity index (χ0) is 35.8. The van der Waals surface area contributed by atoms with Crippen LogP contribution in [0.15, 0.2) is 113 Å². The van der Waals surface area contributed by atoms with Gasteiger partial charge >= 0.3 is 5.97 Å². The van der Waals surface area contributed by atoms with Crippen LogP contribution in [0.1, 0.15) is 35.4 Å². The van der Waals surface area contributed by atoms with Crippen molar-refractivity contribution in [3.63, 3.8) is 0 Å². The van der Waals surface area contributed by atoms with Gasteiger partial charge in [-0.15, -0.1) is 23.1 Å².